The van der Waals surface area contributed by atoms with Gasteiger partial charge in [-0.15, -0.1) is 0 Å². The second-order valence-corrected chi connectivity index (χ2v) is 9.23. The highest BCUT2D eigenvalue weighted by Gasteiger charge is 2.44. The third kappa shape index (κ3) is 4.48. The van der Waals surface area contributed by atoms with E-state index in [9.17, 15) is 9.18 Å². The maximum atomic E-state index is 13.8. The van der Waals surface area contributed by atoms with Crippen molar-refractivity contribution in [2.45, 2.75) is 38.1 Å². The molecule has 0 bridgehead atoms. The van der Waals surface area contributed by atoms with Crippen molar-refractivity contribution in [3.63, 3.8) is 0 Å². The minimum atomic E-state index is -0.483. The summed E-state index contributed by atoms with van der Waals surface area (Å²) in [5.41, 5.74) is 3.99. The standard InChI is InChI=1S/C28H30FN3O3/c1-20-18-31(19-30-20)25-10-5-21(17-26(25)34-2)16-22-4-3-13-32(27(22)33)28(11-14-35-15-12-28)23-6-8-24(29)9-7-23/h5-10,16-19H,3-4,11-15H2,1-2H3/b22-16+. The second-order valence-electron chi connectivity index (χ2n) is 9.23. The smallest absolute Gasteiger partial charge is 0.250 e. The van der Waals surface area contributed by atoms with E-state index in [0.29, 0.717) is 38.3 Å². The van der Waals surface area contributed by atoms with E-state index < -0.39 is 5.54 Å². The van der Waals surface area contributed by atoms with Crippen molar-refractivity contribution in [3.05, 3.63) is 83.2 Å². The van der Waals surface area contributed by atoms with Gasteiger partial charge in [0.1, 0.15) is 11.6 Å². The van der Waals surface area contributed by atoms with Gasteiger partial charge in [-0.3, -0.25) is 4.79 Å². The Morgan fingerprint density at radius 3 is 2.60 bits per heavy atom. The molecule has 2 aliphatic heterocycles. The number of hydrogen-bond donors (Lipinski definition) is 0. The fraction of sp³-hybridized carbons (Fsp3) is 0.357. The lowest BCUT2D eigenvalue weighted by Gasteiger charge is -2.48. The molecular weight excluding hydrogens is 445 g/mol. The molecule has 0 spiro atoms. The number of piperidine rings is 1. The summed E-state index contributed by atoms with van der Waals surface area (Å²) in [6.45, 7) is 3.77. The number of ether oxygens (including phenoxy) is 2. The van der Waals surface area contributed by atoms with E-state index in [4.69, 9.17) is 9.47 Å². The first-order valence-electron chi connectivity index (χ1n) is 12.1. The Morgan fingerprint density at radius 1 is 1.14 bits per heavy atom. The summed E-state index contributed by atoms with van der Waals surface area (Å²) >= 11 is 0. The van der Waals surface area contributed by atoms with Crippen LogP contribution in [0.5, 0.6) is 5.75 Å². The normalized spacial score (nSPS) is 19.2. The highest BCUT2D eigenvalue weighted by atomic mass is 19.1. The highest BCUT2D eigenvalue weighted by molar-refractivity contribution is 5.99. The van der Waals surface area contributed by atoms with Crippen molar-refractivity contribution in [1.82, 2.24) is 14.5 Å². The second kappa shape index (κ2) is 9.66. The van der Waals surface area contributed by atoms with Crippen molar-refractivity contribution in [2.24, 2.45) is 0 Å². The fourth-order valence-corrected chi connectivity index (χ4v) is 5.29. The topological polar surface area (TPSA) is 56.6 Å². The van der Waals surface area contributed by atoms with Crippen LogP contribution in [0.15, 0.2) is 60.6 Å². The molecule has 1 amide bonds. The molecule has 2 aromatic carbocycles. The van der Waals surface area contributed by atoms with E-state index in [-0.39, 0.29) is 11.7 Å². The van der Waals surface area contributed by atoms with Gasteiger partial charge in [-0.25, -0.2) is 9.37 Å². The van der Waals surface area contributed by atoms with Crippen molar-refractivity contribution < 1.29 is 18.7 Å². The molecule has 0 N–H and O–H groups in total. The predicted molar refractivity (Wildman–Crippen MR) is 132 cm³/mol. The molecule has 182 valence electrons. The van der Waals surface area contributed by atoms with Crippen LogP contribution in [-0.4, -0.2) is 47.2 Å². The van der Waals surface area contributed by atoms with Crippen molar-refractivity contribution in [1.29, 1.82) is 0 Å². The Hall–Kier alpha value is -3.45. The van der Waals surface area contributed by atoms with Crippen LogP contribution >= 0.6 is 0 Å². The Bertz CT molecular complexity index is 1240. The first kappa shape index (κ1) is 23.3. The van der Waals surface area contributed by atoms with Crippen molar-refractivity contribution in [2.75, 3.05) is 26.9 Å². The molecule has 5 rings (SSSR count). The van der Waals surface area contributed by atoms with Crippen LogP contribution < -0.4 is 4.74 Å². The zero-order chi connectivity index (χ0) is 24.4. The van der Waals surface area contributed by atoms with E-state index in [1.807, 2.05) is 59.0 Å². The van der Waals surface area contributed by atoms with Gasteiger partial charge in [0.05, 0.1) is 30.4 Å². The number of benzene rings is 2. The van der Waals surface area contributed by atoms with Gasteiger partial charge in [0.2, 0.25) is 0 Å². The van der Waals surface area contributed by atoms with Crippen LogP contribution in [0.25, 0.3) is 11.8 Å². The fourth-order valence-electron chi connectivity index (χ4n) is 5.29. The molecule has 6 nitrogen and oxygen atoms in total. The Balaban J connectivity index is 1.47. The van der Waals surface area contributed by atoms with E-state index in [1.165, 1.54) is 12.1 Å². The molecule has 0 atom stereocenters. The SMILES string of the molecule is COc1cc(/C=C2\CCCN(C3(c4ccc(F)cc4)CCOCC3)C2=O)ccc1-n1cnc(C)c1. The maximum Gasteiger partial charge on any atom is 0.250 e. The molecule has 3 heterocycles. The lowest BCUT2D eigenvalue weighted by molar-refractivity contribution is -0.140. The summed E-state index contributed by atoms with van der Waals surface area (Å²) in [7, 11) is 1.64. The van der Waals surface area contributed by atoms with Crippen LogP contribution in [0.1, 0.15) is 42.5 Å². The number of nitrogens with zero attached hydrogens (tertiary/aromatic N) is 3. The van der Waals surface area contributed by atoms with Crippen molar-refractivity contribution in [3.8, 4) is 11.4 Å². The molecule has 0 unspecified atom stereocenters. The minimum Gasteiger partial charge on any atom is -0.495 e. The van der Waals surface area contributed by atoms with Gasteiger partial charge in [0, 0.05) is 31.5 Å². The number of likely N-dealkylation sites (tertiary alicyclic amines) is 1. The van der Waals surface area contributed by atoms with E-state index >= 15 is 0 Å². The number of aromatic nitrogens is 2. The number of rotatable bonds is 5. The number of methoxy groups -OCH3 is 1. The number of hydrogen-bond acceptors (Lipinski definition) is 4. The van der Waals surface area contributed by atoms with Gasteiger partial charge in [-0.1, -0.05) is 18.2 Å². The number of imidazole rings is 1. The Labute approximate surface area is 205 Å². The molecule has 2 fully saturated rings. The zero-order valence-electron chi connectivity index (χ0n) is 20.2. The quantitative estimate of drug-likeness (QED) is 0.485. The molecule has 2 saturated heterocycles. The van der Waals surface area contributed by atoms with Gasteiger partial charge >= 0.3 is 0 Å². The van der Waals surface area contributed by atoms with Crippen LogP contribution in [-0.2, 0) is 15.1 Å². The first-order chi connectivity index (χ1) is 17.0. The first-order valence-corrected chi connectivity index (χ1v) is 12.1. The molecule has 3 aromatic rings. The van der Waals surface area contributed by atoms with E-state index in [1.54, 1.807) is 13.4 Å². The van der Waals surface area contributed by atoms with Gasteiger partial charge in [0.15, 0.2) is 0 Å². The third-order valence-corrected chi connectivity index (χ3v) is 7.10. The number of halogens is 1. The number of carbonyl (C=O) groups is 1. The van der Waals surface area contributed by atoms with Crippen LogP contribution in [0.4, 0.5) is 4.39 Å². The summed E-state index contributed by atoms with van der Waals surface area (Å²) in [6, 6.07) is 12.5. The molecular formula is C28H30FN3O3. The summed E-state index contributed by atoms with van der Waals surface area (Å²) in [5.74, 6) is 0.476. The number of aryl methyl sites for hydroxylation is 1. The van der Waals surface area contributed by atoms with Crippen molar-refractivity contribution >= 4 is 12.0 Å². The lowest BCUT2D eigenvalue weighted by Crippen LogP contribution is -2.54. The summed E-state index contributed by atoms with van der Waals surface area (Å²) in [6.07, 6.45) is 8.67. The molecule has 0 saturated carbocycles. The van der Waals surface area contributed by atoms with Gasteiger partial charge in [-0.2, -0.15) is 0 Å². The summed E-state index contributed by atoms with van der Waals surface area (Å²) in [5, 5.41) is 0. The minimum absolute atomic E-state index is 0.0377. The lowest BCUT2D eigenvalue weighted by atomic mass is 9.79. The Morgan fingerprint density at radius 2 is 1.91 bits per heavy atom. The monoisotopic (exact) mass is 475 g/mol. The van der Waals surface area contributed by atoms with Crippen LogP contribution in [0.3, 0.4) is 0 Å². The van der Waals surface area contributed by atoms with E-state index in [0.717, 1.165) is 40.9 Å². The molecule has 2 aliphatic rings. The zero-order valence-corrected chi connectivity index (χ0v) is 20.2. The van der Waals surface area contributed by atoms with Gasteiger partial charge in [0.25, 0.3) is 5.91 Å². The average molecular weight is 476 g/mol. The maximum absolute atomic E-state index is 13.8. The molecule has 35 heavy (non-hydrogen) atoms. The number of carbonyl (C=O) groups excluding carboxylic acids is 1. The average Bonchev–Trinajstić information content (AvgIpc) is 3.32. The van der Waals surface area contributed by atoms with Gasteiger partial charge < -0.3 is 18.9 Å². The molecule has 0 radical (unpaired) electrons. The Kier molecular flexibility index (Phi) is 6.43. The third-order valence-electron chi connectivity index (χ3n) is 7.10. The van der Waals surface area contributed by atoms with Crippen LogP contribution in [0, 0.1) is 12.7 Å². The van der Waals surface area contributed by atoms with Crippen LogP contribution in [0.2, 0.25) is 0 Å². The number of amides is 1. The molecule has 0 aliphatic carbocycles. The summed E-state index contributed by atoms with van der Waals surface area (Å²) in [4.78, 5) is 20.1. The predicted octanol–water partition coefficient (Wildman–Crippen LogP) is 5.04. The summed E-state index contributed by atoms with van der Waals surface area (Å²) < 4.78 is 26.9. The largest absolute Gasteiger partial charge is 0.495 e. The van der Waals surface area contributed by atoms with E-state index in [2.05, 4.69) is 4.98 Å². The highest BCUT2D eigenvalue weighted by Crippen LogP contribution is 2.41. The molecule has 7 heteroatoms. The molecule has 1 aromatic heterocycles. The van der Waals surface area contributed by atoms with Gasteiger partial charge in [-0.05, 0) is 74.1 Å².